The Morgan fingerprint density at radius 2 is 2.25 bits per heavy atom. The molecular formula is C11H14N6O3. The fourth-order valence-electron chi connectivity index (χ4n) is 1.37. The van der Waals surface area contributed by atoms with Gasteiger partial charge in [-0.05, 0) is 6.07 Å². The molecule has 9 heteroatoms. The zero-order valence-corrected chi connectivity index (χ0v) is 11.1. The van der Waals surface area contributed by atoms with E-state index in [1.165, 1.54) is 17.2 Å². The molecule has 1 heterocycles. The van der Waals surface area contributed by atoms with Crippen molar-refractivity contribution in [3.05, 3.63) is 27.9 Å². The summed E-state index contributed by atoms with van der Waals surface area (Å²) in [6, 6.07) is 2.75. The minimum atomic E-state index is -0.660. The van der Waals surface area contributed by atoms with Gasteiger partial charge >= 0.3 is 11.7 Å². The third-order valence-electron chi connectivity index (χ3n) is 2.33. The number of hydrogen-bond donors (Lipinski definition) is 2. The van der Waals surface area contributed by atoms with Gasteiger partial charge < -0.3 is 15.5 Å². The maximum atomic E-state index is 11.2. The van der Waals surface area contributed by atoms with Crippen molar-refractivity contribution < 1.29 is 9.72 Å². The van der Waals surface area contributed by atoms with Crippen molar-refractivity contribution in [1.82, 2.24) is 15.2 Å². The summed E-state index contributed by atoms with van der Waals surface area (Å²) in [7, 11) is 3.21. The molecule has 0 aromatic carbocycles. The number of urea groups is 1. The number of pyridine rings is 1. The van der Waals surface area contributed by atoms with Crippen molar-refractivity contribution in [1.29, 1.82) is 5.26 Å². The van der Waals surface area contributed by atoms with Crippen LogP contribution in [0.5, 0.6) is 0 Å². The van der Waals surface area contributed by atoms with Gasteiger partial charge in [0.2, 0.25) is 5.82 Å². The number of aromatic nitrogens is 1. The first-order chi connectivity index (χ1) is 9.47. The van der Waals surface area contributed by atoms with E-state index < -0.39 is 4.92 Å². The predicted molar refractivity (Wildman–Crippen MR) is 71.2 cm³/mol. The van der Waals surface area contributed by atoms with Gasteiger partial charge in [0.15, 0.2) is 0 Å². The van der Waals surface area contributed by atoms with Gasteiger partial charge in [-0.3, -0.25) is 10.1 Å². The van der Waals surface area contributed by atoms with Gasteiger partial charge in [-0.2, -0.15) is 5.26 Å². The van der Waals surface area contributed by atoms with Crippen LogP contribution in [0.25, 0.3) is 0 Å². The Bertz CT molecular complexity index is 552. The second-order valence-electron chi connectivity index (χ2n) is 3.98. The summed E-state index contributed by atoms with van der Waals surface area (Å²) >= 11 is 0. The van der Waals surface area contributed by atoms with Gasteiger partial charge in [0, 0.05) is 33.4 Å². The molecule has 1 aromatic rings. The SMILES string of the molecule is CN(C)C(=O)NCCNc1nccc(C#N)c1[N+](=O)[O-]. The lowest BCUT2D eigenvalue weighted by Gasteiger charge is -2.12. The molecular weight excluding hydrogens is 264 g/mol. The Labute approximate surface area is 115 Å². The van der Waals surface area contributed by atoms with E-state index in [-0.39, 0.29) is 36.2 Å². The van der Waals surface area contributed by atoms with Crippen molar-refractivity contribution >= 4 is 17.5 Å². The highest BCUT2D eigenvalue weighted by Crippen LogP contribution is 2.25. The molecule has 1 aromatic heterocycles. The molecule has 2 N–H and O–H groups in total. The summed E-state index contributed by atoms with van der Waals surface area (Å²) in [5.74, 6) is 0.00755. The Morgan fingerprint density at radius 1 is 1.55 bits per heavy atom. The number of carbonyl (C=O) groups excluding carboxylic acids is 1. The molecule has 0 saturated heterocycles. The summed E-state index contributed by atoms with van der Waals surface area (Å²) in [5.41, 5.74) is -0.432. The van der Waals surface area contributed by atoms with Crippen LogP contribution in [-0.4, -0.2) is 48.0 Å². The van der Waals surface area contributed by atoms with Gasteiger partial charge in [0.05, 0.1) is 4.92 Å². The molecule has 0 unspecified atom stereocenters. The Hall–Kier alpha value is -2.89. The van der Waals surface area contributed by atoms with Crippen LogP contribution in [0.4, 0.5) is 16.3 Å². The average molecular weight is 278 g/mol. The number of anilines is 1. The van der Waals surface area contributed by atoms with Gasteiger partial charge in [0.25, 0.3) is 0 Å². The van der Waals surface area contributed by atoms with E-state index in [4.69, 9.17) is 5.26 Å². The minimum absolute atomic E-state index is 0.00755. The standard InChI is InChI=1S/C11H14N6O3/c1-16(2)11(18)15-6-5-14-10-9(17(19)20)8(7-12)3-4-13-10/h3-4H,5-6H2,1-2H3,(H,13,14)(H,15,18). The normalized spacial score (nSPS) is 9.45. The number of rotatable bonds is 5. The molecule has 0 spiro atoms. The molecule has 0 bridgehead atoms. The lowest BCUT2D eigenvalue weighted by molar-refractivity contribution is -0.384. The van der Waals surface area contributed by atoms with Crippen molar-refractivity contribution in [3.63, 3.8) is 0 Å². The lowest BCUT2D eigenvalue weighted by atomic mass is 10.2. The third-order valence-corrected chi connectivity index (χ3v) is 2.33. The second-order valence-corrected chi connectivity index (χ2v) is 3.98. The van der Waals surface area contributed by atoms with Crippen LogP contribution in [0.2, 0.25) is 0 Å². The van der Waals surface area contributed by atoms with Crippen LogP contribution in [0.15, 0.2) is 12.3 Å². The molecule has 0 atom stereocenters. The summed E-state index contributed by atoms with van der Waals surface area (Å²) in [5, 5.41) is 25.1. The molecule has 106 valence electrons. The molecule has 0 fully saturated rings. The Kier molecular flexibility index (Phi) is 5.22. The highest BCUT2D eigenvalue weighted by molar-refractivity contribution is 5.73. The molecule has 0 aliphatic rings. The number of hydrogen-bond acceptors (Lipinski definition) is 6. The number of nitrogens with one attached hydrogen (secondary N) is 2. The van der Waals surface area contributed by atoms with Crippen LogP contribution in [0.3, 0.4) is 0 Å². The smallest absolute Gasteiger partial charge is 0.328 e. The van der Waals surface area contributed by atoms with E-state index >= 15 is 0 Å². The van der Waals surface area contributed by atoms with E-state index in [1.807, 2.05) is 0 Å². The van der Waals surface area contributed by atoms with E-state index in [0.29, 0.717) is 0 Å². The molecule has 1 rings (SSSR count). The number of amides is 2. The van der Waals surface area contributed by atoms with E-state index in [0.717, 1.165) is 0 Å². The van der Waals surface area contributed by atoms with Crippen LogP contribution in [-0.2, 0) is 0 Å². The first-order valence-electron chi connectivity index (χ1n) is 5.70. The van der Waals surface area contributed by atoms with Gasteiger partial charge in [-0.1, -0.05) is 0 Å². The minimum Gasteiger partial charge on any atom is -0.363 e. The molecule has 9 nitrogen and oxygen atoms in total. The molecule has 0 aliphatic carbocycles. The topological polar surface area (TPSA) is 124 Å². The highest BCUT2D eigenvalue weighted by Gasteiger charge is 2.20. The fraction of sp³-hybridized carbons (Fsp3) is 0.364. The van der Waals surface area contributed by atoms with Crippen LogP contribution in [0, 0.1) is 21.4 Å². The van der Waals surface area contributed by atoms with E-state index in [1.54, 1.807) is 20.2 Å². The van der Waals surface area contributed by atoms with Crippen LogP contribution >= 0.6 is 0 Å². The third kappa shape index (κ3) is 3.81. The van der Waals surface area contributed by atoms with Crippen LogP contribution < -0.4 is 10.6 Å². The predicted octanol–water partition coefficient (Wildman–Crippen LogP) is 0.545. The van der Waals surface area contributed by atoms with Crippen molar-refractivity contribution in [2.24, 2.45) is 0 Å². The number of carbonyl (C=O) groups is 1. The molecule has 20 heavy (non-hydrogen) atoms. The summed E-state index contributed by atoms with van der Waals surface area (Å²) in [6.45, 7) is 0.523. The van der Waals surface area contributed by atoms with Gasteiger partial charge in [-0.15, -0.1) is 0 Å². The summed E-state index contributed by atoms with van der Waals surface area (Å²) in [4.78, 5) is 26.7. The first kappa shape index (κ1) is 15.2. The second kappa shape index (κ2) is 6.89. The number of nitro groups is 1. The zero-order chi connectivity index (χ0) is 15.1. The lowest BCUT2D eigenvalue weighted by Crippen LogP contribution is -2.37. The van der Waals surface area contributed by atoms with E-state index in [9.17, 15) is 14.9 Å². The van der Waals surface area contributed by atoms with E-state index in [2.05, 4.69) is 15.6 Å². The maximum Gasteiger partial charge on any atom is 0.328 e. The summed E-state index contributed by atoms with van der Waals surface area (Å²) < 4.78 is 0. The Morgan fingerprint density at radius 3 is 2.80 bits per heavy atom. The molecule has 0 radical (unpaired) electrons. The van der Waals surface area contributed by atoms with Crippen molar-refractivity contribution in [3.8, 4) is 6.07 Å². The fourth-order valence-corrected chi connectivity index (χ4v) is 1.37. The highest BCUT2D eigenvalue weighted by atomic mass is 16.6. The van der Waals surface area contributed by atoms with Gasteiger partial charge in [-0.25, -0.2) is 9.78 Å². The number of nitriles is 1. The molecule has 0 aliphatic heterocycles. The maximum absolute atomic E-state index is 11.2. The monoisotopic (exact) mass is 278 g/mol. The Balaban J connectivity index is 2.67. The van der Waals surface area contributed by atoms with Crippen molar-refractivity contribution in [2.75, 3.05) is 32.5 Å². The van der Waals surface area contributed by atoms with Crippen LogP contribution in [0.1, 0.15) is 5.56 Å². The van der Waals surface area contributed by atoms with Gasteiger partial charge in [0.1, 0.15) is 11.6 Å². The number of nitrogens with zero attached hydrogens (tertiary/aromatic N) is 4. The quantitative estimate of drug-likeness (QED) is 0.460. The molecule has 0 saturated carbocycles. The molecule has 2 amide bonds. The largest absolute Gasteiger partial charge is 0.363 e. The first-order valence-corrected chi connectivity index (χ1v) is 5.70. The van der Waals surface area contributed by atoms with Crippen molar-refractivity contribution in [2.45, 2.75) is 0 Å². The average Bonchev–Trinajstić information content (AvgIpc) is 2.42. The summed E-state index contributed by atoms with van der Waals surface area (Å²) in [6.07, 6.45) is 1.31. The zero-order valence-electron chi connectivity index (χ0n) is 11.1.